The lowest BCUT2D eigenvalue weighted by atomic mass is 10.1. The number of fused-ring (bicyclic) bond motifs is 1. The van der Waals surface area contributed by atoms with Crippen LogP contribution in [0.2, 0.25) is 0 Å². The predicted octanol–water partition coefficient (Wildman–Crippen LogP) is 3.97. The molecule has 0 atom stereocenters. The van der Waals surface area contributed by atoms with Crippen LogP contribution in [0.25, 0.3) is 10.2 Å². The van der Waals surface area contributed by atoms with E-state index in [9.17, 15) is 4.79 Å². The first kappa shape index (κ1) is 18.9. The van der Waals surface area contributed by atoms with Gasteiger partial charge in [0.05, 0.1) is 30.4 Å². The summed E-state index contributed by atoms with van der Waals surface area (Å²) in [4.78, 5) is 17.5. The predicted molar refractivity (Wildman–Crippen MR) is 108 cm³/mol. The van der Waals surface area contributed by atoms with Gasteiger partial charge in [-0.2, -0.15) is 4.99 Å². The summed E-state index contributed by atoms with van der Waals surface area (Å²) in [6.07, 6.45) is 2.05. The zero-order valence-corrected chi connectivity index (χ0v) is 16.3. The summed E-state index contributed by atoms with van der Waals surface area (Å²) >= 11 is 1.48. The molecular formula is C21H22N2O3S. The Morgan fingerprint density at radius 1 is 1.22 bits per heavy atom. The summed E-state index contributed by atoms with van der Waals surface area (Å²) < 4.78 is 13.7. The number of benzene rings is 2. The SMILES string of the molecule is C=CCn1c(=NC(=O)Cc2ccc(OC)cc2)sc2cc(OCC)ccc21. The van der Waals surface area contributed by atoms with Crippen molar-refractivity contribution in [3.05, 3.63) is 65.5 Å². The number of aromatic nitrogens is 1. The first-order valence-corrected chi connectivity index (χ1v) is 9.53. The fourth-order valence-corrected chi connectivity index (χ4v) is 3.85. The maximum absolute atomic E-state index is 12.5. The molecule has 0 aliphatic rings. The van der Waals surface area contributed by atoms with E-state index in [1.54, 1.807) is 13.2 Å². The molecule has 140 valence electrons. The van der Waals surface area contributed by atoms with Crippen LogP contribution in [0, 0.1) is 0 Å². The lowest BCUT2D eigenvalue weighted by Crippen LogP contribution is -2.16. The number of amides is 1. The molecule has 5 nitrogen and oxygen atoms in total. The number of allylic oxidation sites excluding steroid dienone is 1. The number of methoxy groups -OCH3 is 1. The molecule has 3 aromatic rings. The molecule has 0 N–H and O–H groups in total. The maximum atomic E-state index is 12.5. The molecule has 0 spiro atoms. The number of hydrogen-bond donors (Lipinski definition) is 0. The Morgan fingerprint density at radius 2 is 1.96 bits per heavy atom. The number of thiazole rings is 1. The van der Waals surface area contributed by atoms with Gasteiger partial charge in [-0.25, -0.2) is 0 Å². The fourth-order valence-electron chi connectivity index (χ4n) is 2.77. The van der Waals surface area contributed by atoms with Crippen LogP contribution < -0.4 is 14.3 Å². The smallest absolute Gasteiger partial charge is 0.252 e. The van der Waals surface area contributed by atoms with Gasteiger partial charge < -0.3 is 14.0 Å². The van der Waals surface area contributed by atoms with Crippen LogP contribution in [0.1, 0.15) is 12.5 Å². The highest BCUT2D eigenvalue weighted by Crippen LogP contribution is 2.23. The third-order valence-electron chi connectivity index (χ3n) is 4.01. The summed E-state index contributed by atoms with van der Waals surface area (Å²) in [5, 5.41) is 0. The Morgan fingerprint density at radius 3 is 2.63 bits per heavy atom. The van der Waals surface area contributed by atoms with Crippen molar-refractivity contribution < 1.29 is 14.3 Å². The van der Waals surface area contributed by atoms with E-state index in [1.807, 2.05) is 54.0 Å². The zero-order valence-electron chi connectivity index (χ0n) is 15.5. The lowest BCUT2D eigenvalue weighted by molar-refractivity contribution is -0.117. The monoisotopic (exact) mass is 382 g/mol. The molecule has 0 bridgehead atoms. The van der Waals surface area contributed by atoms with Gasteiger partial charge in [0.2, 0.25) is 0 Å². The molecule has 0 saturated heterocycles. The van der Waals surface area contributed by atoms with E-state index >= 15 is 0 Å². The fraction of sp³-hybridized carbons (Fsp3) is 0.238. The van der Waals surface area contributed by atoms with Crippen LogP contribution >= 0.6 is 11.3 Å². The average molecular weight is 382 g/mol. The Balaban J connectivity index is 1.93. The summed E-state index contributed by atoms with van der Waals surface area (Å²) in [7, 11) is 1.62. The van der Waals surface area contributed by atoms with Crippen LogP contribution in [0.15, 0.2) is 60.1 Å². The minimum atomic E-state index is -0.186. The van der Waals surface area contributed by atoms with Crippen LogP contribution in [0.3, 0.4) is 0 Å². The summed E-state index contributed by atoms with van der Waals surface area (Å²) in [6, 6.07) is 13.3. The molecule has 2 aromatic carbocycles. The Labute approximate surface area is 162 Å². The van der Waals surface area contributed by atoms with Crippen molar-refractivity contribution in [2.75, 3.05) is 13.7 Å². The van der Waals surface area contributed by atoms with Crippen molar-refractivity contribution in [1.29, 1.82) is 0 Å². The molecule has 0 aliphatic heterocycles. The van der Waals surface area contributed by atoms with Gasteiger partial charge in [-0.1, -0.05) is 29.5 Å². The number of carbonyl (C=O) groups is 1. The topological polar surface area (TPSA) is 52.8 Å². The van der Waals surface area contributed by atoms with Crippen LogP contribution in [-0.2, 0) is 17.8 Å². The van der Waals surface area contributed by atoms with E-state index in [0.29, 0.717) is 18.0 Å². The van der Waals surface area contributed by atoms with Gasteiger partial charge in [-0.3, -0.25) is 4.79 Å². The molecule has 6 heteroatoms. The third kappa shape index (κ3) is 4.46. The number of hydrogen-bond acceptors (Lipinski definition) is 4. The Bertz CT molecular complexity index is 1020. The van der Waals surface area contributed by atoms with E-state index in [4.69, 9.17) is 9.47 Å². The second kappa shape index (κ2) is 8.68. The van der Waals surface area contributed by atoms with Crippen LogP contribution in [0.4, 0.5) is 0 Å². The number of nitrogens with zero attached hydrogens (tertiary/aromatic N) is 2. The van der Waals surface area contributed by atoms with Crippen molar-refractivity contribution in [2.24, 2.45) is 4.99 Å². The molecule has 1 aromatic heterocycles. The van der Waals surface area contributed by atoms with Crippen molar-refractivity contribution in [3.8, 4) is 11.5 Å². The van der Waals surface area contributed by atoms with Gasteiger partial charge in [0, 0.05) is 6.54 Å². The highest BCUT2D eigenvalue weighted by Gasteiger charge is 2.09. The van der Waals surface area contributed by atoms with Crippen LogP contribution in [0.5, 0.6) is 11.5 Å². The molecule has 27 heavy (non-hydrogen) atoms. The quantitative estimate of drug-likeness (QED) is 0.581. The molecule has 0 unspecified atom stereocenters. The standard InChI is InChI=1S/C21H22N2O3S/c1-4-12-23-18-11-10-17(26-5-2)14-19(18)27-21(23)22-20(24)13-15-6-8-16(25-3)9-7-15/h4,6-11,14H,1,5,12-13H2,2-3H3. The van der Waals surface area contributed by atoms with Gasteiger partial charge in [0.25, 0.3) is 5.91 Å². The second-order valence-electron chi connectivity index (χ2n) is 5.88. The average Bonchev–Trinajstić information content (AvgIpc) is 2.99. The van der Waals surface area contributed by atoms with E-state index < -0.39 is 0 Å². The highest BCUT2D eigenvalue weighted by molar-refractivity contribution is 7.16. The number of carbonyl (C=O) groups excluding carboxylic acids is 1. The van der Waals surface area contributed by atoms with Crippen LogP contribution in [-0.4, -0.2) is 24.2 Å². The van der Waals surface area contributed by atoms with Crippen molar-refractivity contribution >= 4 is 27.5 Å². The van der Waals surface area contributed by atoms with Gasteiger partial charge in [-0.05, 0) is 42.8 Å². The van der Waals surface area contributed by atoms with Gasteiger partial charge in [0.1, 0.15) is 11.5 Å². The van der Waals surface area contributed by atoms with Gasteiger partial charge in [-0.15, -0.1) is 6.58 Å². The van der Waals surface area contributed by atoms with Crippen molar-refractivity contribution in [1.82, 2.24) is 4.57 Å². The van der Waals surface area contributed by atoms with E-state index in [2.05, 4.69) is 11.6 Å². The minimum absolute atomic E-state index is 0.186. The summed E-state index contributed by atoms with van der Waals surface area (Å²) in [5.41, 5.74) is 1.92. The van der Waals surface area contributed by atoms with Gasteiger partial charge in [0.15, 0.2) is 4.80 Å². The summed E-state index contributed by atoms with van der Waals surface area (Å²) in [6.45, 7) is 6.97. The summed E-state index contributed by atoms with van der Waals surface area (Å²) in [5.74, 6) is 1.39. The molecule has 0 fully saturated rings. The molecule has 0 radical (unpaired) electrons. The first-order chi connectivity index (χ1) is 13.1. The zero-order chi connectivity index (χ0) is 19.2. The second-order valence-corrected chi connectivity index (χ2v) is 6.89. The normalized spacial score (nSPS) is 11.6. The Kier molecular flexibility index (Phi) is 6.08. The van der Waals surface area contributed by atoms with E-state index in [1.165, 1.54) is 11.3 Å². The number of ether oxygens (including phenoxy) is 2. The minimum Gasteiger partial charge on any atom is -0.497 e. The van der Waals surface area contributed by atoms with E-state index in [-0.39, 0.29) is 12.3 Å². The van der Waals surface area contributed by atoms with E-state index in [0.717, 1.165) is 27.3 Å². The molecule has 1 amide bonds. The lowest BCUT2D eigenvalue weighted by Gasteiger charge is -2.04. The maximum Gasteiger partial charge on any atom is 0.252 e. The largest absolute Gasteiger partial charge is 0.497 e. The number of rotatable bonds is 7. The molecule has 3 rings (SSSR count). The first-order valence-electron chi connectivity index (χ1n) is 8.72. The van der Waals surface area contributed by atoms with Crippen molar-refractivity contribution in [3.63, 3.8) is 0 Å². The molecular weight excluding hydrogens is 360 g/mol. The van der Waals surface area contributed by atoms with Crippen molar-refractivity contribution in [2.45, 2.75) is 19.9 Å². The third-order valence-corrected chi connectivity index (χ3v) is 5.05. The highest BCUT2D eigenvalue weighted by atomic mass is 32.1. The molecule has 0 aliphatic carbocycles. The Hall–Kier alpha value is -2.86. The molecule has 1 heterocycles. The van der Waals surface area contributed by atoms with Gasteiger partial charge >= 0.3 is 0 Å². The molecule has 0 saturated carbocycles.